The lowest BCUT2D eigenvalue weighted by molar-refractivity contribution is -0.159. The first kappa shape index (κ1) is 13.3. The van der Waals surface area contributed by atoms with Gasteiger partial charge in [0.1, 0.15) is 0 Å². The highest BCUT2D eigenvalue weighted by atomic mass is 16.6. The van der Waals surface area contributed by atoms with Crippen molar-refractivity contribution in [2.24, 2.45) is 5.92 Å². The largest absolute Gasteiger partial charge is 0.376 e. The van der Waals surface area contributed by atoms with Crippen LogP contribution in [-0.4, -0.2) is 62.4 Å². The van der Waals surface area contributed by atoms with Gasteiger partial charge in [0.15, 0.2) is 6.10 Å². The molecular formula is C14H24N2O3. The van der Waals surface area contributed by atoms with Crippen LogP contribution in [0.4, 0.5) is 0 Å². The van der Waals surface area contributed by atoms with E-state index in [2.05, 4.69) is 5.32 Å². The van der Waals surface area contributed by atoms with Crippen LogP contribution < -0.4 is 5.32 Å². The van der Waals surface area contributed by atoms with Gasteiger partial charge < -0.3 is 19.7 Å². The Morgan fingerprint density at radius 1 is 1.21 bits per heavy atom. The molecule has 3 fully saturated rings. The Hall–Kier alpha value is -0.650. The Balaban J connectivity index is 1.56. The second-order valence-electron chi connectivity index (χ2n) is 5.82. The van der Waals surface area contributed by atoms with E-state index in [0.29, 0.717) is 31.8 Å². The third-order valence-electron chi connectivity index (χ3n) is 4.53. The number of nitrogens with zero attached hydrogens (tertiary/aromatic N) is 1. The van der Waals surface area contributed by atoms with Crippen LogP contribution in [0.25, 0.3) is 0 Å². The number of carbonyl (C=O) groups excluding carboxylic acids is 1. The molecule has 3 unspecified atom stereocenters. The zero-order valence-corrected chi connectivity index (χ0v) is 11.5. The molecule has 1 N–H and O–H groups in total. The second-order valence-corrected chi connectivity index (χ2v) is 5.82. The minimum absolute atomic E-state index is 0.127. The van der Waals surface area contributed by atoms with Gasteiger partial charge >= 0.3 is 0 Å². The van der Waals surface area contributed by atoms with Crippen molar-refractivity contribution in [2.45, 2.75) is 37.8 Å². The van der Waals surface area contributed by atoms with Crippen LogP contribution in [0, 0.1) is 5.92 Å². The predicted molar refractivity (Wildman–Crippen MR) is 70.9 cm³/mol. The number of piperidine rings is 1. The molecule has 0 bridgehead atoms. The fourth-order valence-corrected chi connectivity index (χ4v) is 3.49. The summed E-state index contributed by atoms with van der Waals surface area (Å²) in [5.41, 5.74) is 0. The number of rotatable bonds is 2. The van der Waals surface area contributed by atoms with Crippen molar-refractivity contribution in [1.29, 1.82) is 0 Å². The Morgan fingerprint density at radius 3 is 2.89 bits per heavy atom. The van der Waals surface area contributed by atoms with Gasteiger partial charge in [0.05, 0.1) is 19.8 Å². The minimum atomic E-state index is -0.371. The standard InChI is InChI=1S/C14H24N2O3/c17-14(13-10-18-7-8-19-13)16-6-2-3-11(9-16)12-4-1-5-15-12/h11-13,15H,1-10H2. The van der Waals surface area contributed by atoms with E-state index in [-0.39, 0.29) is 12.0 Å². The average molecular weight is 268 g/mol. The summed E-state index contributed by atoms with van der Waals surface area (Å²) in [7, 11) is 0. The van der Waals surface area contributed by atoms with Crippen molar-refractivity contribution in [3.8, 4) is 0 Å². The van der Waals surface area contributed by atoms with Gasteiger partial charge in [-0.05, 0) is 38.1 Å². The number of carbonyl (C=O) groups is 1. The molecule has 0 aromatic heterocycles. The topological polar surface area (TPSA) is 50.8 Å². The summed E-state index contributed by atoms with van der Waals surface area (Å²) in [6.07, 6.45) is 4.51. The number of nitrogens with one attached hydrogen (secondary N) is 1. The van der Waals surface area contributed by atoms with Crippen molar-refractivity contribution in [2.75, 3.05) is 39.5 Å². The molecular weight excluding hydrogens is 244 g/mol. The molecule has 0 aromatic carbocycles. The number of ether oxygens (including phenoxy) is 2. The number of likely N-dealkylation sites (tertiary alicyclic amines) is 1. The minimum Gasteiger partial charge on any atom is -0.376 e. The Kier molecular flexibility index (Phi) is 4.35. The number of hydrogen-bond donors (Lipinski definition) is 1. The van der Waals surface area contributed by atoms with Gasteiger partial charge in [-0.2, -0.15) is 0 Å². The first-order chi connectivity index (χ1) is 9.34. The summed E-state index contributed by atoms with van der Waals surface area (Å²) in [5, 5.41) is 3.57. The van der Waals surface area contributed by atoms with E-state index >= 15 is 0 Å². The van der Waals surface area contributed by atoms with Crippen LogP contribution in [0.15, 0.2) is 0 Å². The van der Waals surface area contributed by atoms with E-state index in [4.69, 9.17) is 9.47 Å². The summed E-state index contributed by atoms with van der Waals surface area (Å²) < 4.78 is 10.9. The highest BCUT2D eigenvalue weighted by Crippen LogP contribution is 2.25. The van der Waals surface area contributed by atoms with Crippen molar-refractivity contribution >= 4 is 5.91 Å². The first-order valence-electron chi connectivity index (χ1n) is 7.56. The van der Waals surface area contributed by atoms with E-state index in [9.17, 15) is 4.79 Å². The maximum absolute atomic E-state index is 12.4. The zero-order valence-electron chi connectivity index (χ0n) is 11.5. The quantitative estimate of drug-likeness (QED) is 0.787. The number of amides is 1. The Labute approximate surface area is 114 Å². The molecule has 108 valence electrons. The molecule has 0 aromatic rings. The highest BCUT2D eigenvalue weighted by molar-refractivity contribution is 5.81. The van der Waals surface area contributed by atoms with Crippen molar-refractivity contribution in [3.63, 3.8) is 0 Å². The molecule has 0 saturated carbocycles. The van der Waals surface area contributed by atoms with Crippen LogP contribution in [0.1, 0.15) is 25.7 Å². The monoisotopic (exact) mass is 268 g/mol. The molecule has 3 saturated heterocycles. The highest BCUT2D eigenvalue weighted by Gasteiger charge is 2.34. The van der Waals surface area contributed by atoms with E-state index in [1.165, 1.54) is 19.3 Å². The van der Waals surface area contributed by atoms with Crippen molar-refractivity contribution in [3.05, 3.63) is 0 Å². The molecule has 5 nitrogen and oxygen atoms in total. The smallest absolute Gasteiger partial charge is 0.254 e. The lowest BCUT2D eigenvalue weighted by atomic mass is 9.89. The van der Waals surface area contributed by atoms with E-state index < -0.39 is 0 Å². The van der Waals surface area contributed by atoms with Gasteiger partial charge in [-0.3, -0.25) is 4.79 Å². The molecule has 19 heavy (non-hydrogen) atoms. The molecule has 3 aliphatic rings. The number of hydrogen-bond acceptors (Lipinski definition) is 4. The lowest BCUT2D eigenvalue weighted by Gasteiger charge is -2.37. The normalized spacial score (nSPS) is 36.4. The fourth-order valence-electron chi connectivity index (χ4n) is 3.49. The van der Waals surface area contributed by atoms with Crippen LogP contribution in [0.2, 0.25) is 0 Å². The van der Waals surface area contributed by atoms with Gasteiger partial charge in [0, 0.05) is 19.1 Å². The van der Waals surface area contributed by atoms with Gasteiger partial charge in [-0.1, -0.05) is 0 Å². The van der Waals surface area contributed by atoms with Crippen molar-refractivity contribution in [1.82, 2.24) is 10.2 Å². The fraction of sp³-hybridized carbons (Fsp3) is 0.929. The van der Waals surface area contributed by atoms with E-state index in [1.54, 1.807) is 0 Å². The van der Waals surface area contributed by atoms with Crippen LogP contribution in [0.5, 0.6) is 0 Å². The first-order valence-corrected chi connectivity index (χ1v) is 7.56. The maximum atomic E-state index is 12.4. The van der Waals surface area contributed by atoms with Crippen LogP contribution in [-0.2, 0) is 14.3 Å². The Bertz CT molecular complexity index is 312. The second kappa shape index (κ2) is 6.20. The molecule has 0 spiro atoms. The van der Waals surface area contributed by atoms with Gasteiger partial charge in [-0.25, -0.2) is 0 Å². The maximum Gasteiger partial charge on any atom is 0.254 e. The lowest BCUT2D eigenvalue weighted by Crippen LogP contribution is -2.51. The molecule has 0 radical (unpaired) electrons. The zero-order chi connectivity index (χ0) is 13.1. The average Bonchev–Trinajstić information content (AvgIpc) is 3.02. The molecule has 1 amide bonds. The predicted octanol–water partition coefficient (Wildman–Crippen LogP) is 0.392. The summed E-state index contributed by atoms with van der Waals surface area (Å²) >= 11 is 0. The molecule has 3 heterocycles. The molecule has 3 atom stereocenters. The molecule has 3 rings (SSSR count). The Morgan fingerprint density at radius 2 is 2.16 bits per heavy atom. The van der Waals surface area contributed by atoms with Crippen molar-refractivity contribution < 1.29 is 14.3 Å². The summed E-state index contributed by atoms with van der Waals surface area (Å²) in [6, 6.07) is 0.610. The third-order valence-corrected chi connectivity index (χ3v) is 4.53. The molecule has 3 aliphatic heterocycles. The van der Waals surface area contributed by atoms with Crippen LogP contribution in [0.3, 0.4) is 0 Å². The van der Waals surface area contributed by atoms with E-state index in [0.717, 1.165) is 26.1 Å². The van der Waals surface area contributed by atoms with E-state index in [1.807, 2.05) is 4.90 Å². The summed E-state index contributed by atoms with van der Waals surface area (Å²) in [5.74, 6) is 0.743. The summed E-state index contributed by atoms with van der Waals surface area (Å²) in [4.78, 5) is 14.4. The summed E-state index contributed by atoms with van der Waals surface area (Å²) in [6.45, 7) is 4.46. The van der Waals surface area contributed by atoms with Crippen LogP contribution >= 0.6 is 0 Å². The SMILES string of the molecule is O=C(C1COCCO1)N1CCCC(C2CCCN2)C1. The third kappa shape index (κ3) is 3.09. The van der Waals surface area contributed by atoms with Gasteiger partial charge in [-0.15, -0.1) is 0 Å². The van der Waals surface area contributed by atoms with Gasteiger partial charge in [0.25, 0.3) is 5.91 Å². The molecule has 0 aliphatic carbocycles. The molecule has 5 heteroatoms. The van der Waals surface area contributed by atoms with Gasteiger partial charge in [0.2, 0.25) is 0 Å².